The molecule has 0 spiro atoms. The minimum Gasteiger partial charge on any atom is -0.423 e. The third-order valence-corrected chi connectivity index (χ3v) is 3.41. The smallest absolute Gasteiger partial charge is 0.423 e. The minimum absolute atomic E-state index is 0.277. The molecule has 0 saturated heterocycles. The molecule has 1 aromatic carbocycles. The van der Waals surface area contributed by atoms with Crippen molar-refractivity contribution in [1.82, 2.24) is 0 Å². The van der Waals surface area contributed by atoms with Crippen LogP contribution in [0.1, 0.15) is 0 Å². The first kappa shape index (κ1) is 9.85. The fraction of sp³-hybridized carbons (Fsp3) is 0. The Morgan fingerprint density at radius 1 is 1.43 bits per heavy atom. The molecule has 6 heteroatoms. The molecule has 0 bridgehead atoms. The molecular weight excluding hydrogens is 217 g/mol. The zero-order valence-corrected chi connectivity index (χ0v) is 8.85. The number of thiol groups is 1. The van der Waals surface area contributed by atoms with Gasteiger partial charge in [-0.3, -0.25) is 0 Å². The lowest BCUT2D eigenvalue weighted by atomic mass is 9.78. The molecule has 4 N–H and O–H groups in total. The van der Waals surface area contributed by atoms with Crippen LogP contribution in [-0.2, 0) is 0 Å². The van der Waals surface area contributed by atoms with Gasteiger partial charge in [-0.1, -0.05) is 0 Å². The Bertz CT molecular complexity index is 483. The number of benzene rings is 1. The average molecular weight is 225 g/mol. The van der Waals surface area contributed by atoms with Gasteiger partial charge in [0, 0.05) is 26.1 Å². The molecule has 2 aromatic rings. The van der Waals surface area contributed by atoms with Crippen LogP contribution in [0.3, 0.4) is 0 Å². The van der Waals surface area contributed by atoms with E-state index in [1.165, 1.54) is 0 Å². The highest BCUT2D eigenvalue weighted by Gasteiger charge is 2.20. The van der Waals surface area contributed by atoms with E-state index >= 15 is 0 Å². The topological polar surface area (TPSA) is 66.5 Å². The van der Waals surface area contributed by atoms with E-state index in [0.29, 0.717) is 10.6 Å². The van der Waals surface area contributed by atoms with Crippen molar-refractivity contribution in [2.45, 2.75) is 4.90 Å². The van der Waals surface area contributed by atoms with E-state index < -0.39 is 7.12 Å². The summed E-state index contributed by atoms with van der Waals surface area (Å²) >= 11 is 5.79. The molecule has 3 nitrogen and oxygen atoms in total. The summed E-state index contributed by atoms with van der Waals surface area (Å²) in [4.78, 5) is 0.538. The van der Waals surface area contributed by atoms with Crippen molar-refractivity contribution < 1.29 is 10.0 Å². The van der Waals surface area contributed by atoms with Crippen molar-refractivity contribution >= 4 is 52.3 Å². The van der Waals surface area contributed by atoms with Crippen LogP contribution in [0.5, 0.6) is 0 Å². The van der Waals surface area contributed by atoms with Crippen molar-refractivity contribution in [1.29, 1.82) is 0 Å². The predicted octanol–water partition coefficient (Wildman–Crippen LogP) is 0.452. The fourth-order valence-electron chi connectivity index (χ4n) is 1.40. The molecule has 0 fully saturated rings. The van der Waals surface area contributed by atoms with Gasteiger partial charge in [-0.05, 0) is 17.5 Å². The highest BCUT2D eigenvalue weighted by atomic mass is 32.1. The lowest BCUT2D eigenvalue weighted by molar-refractivity contribution is 0.425. The van der Waals surface area contributed by atoms with Gasteiger partial charge in [-0.2, -0.15) is 0 Å². The molecule has 0 unspecified atom stereocenters. The van der Waals surface area contributed by atoms with Crippen LogP contribution in [0.15, 0.2) is 22.4 Å². The summed E-state index contributed by atoms with van der Waals surface area (Å²) in [5.74, 6) is 0. The molecule has 0 aliphatic heterocycles. The number of nitrogen functional groups attached to an aromatic ring is 1. The van der Waals surface area contributed by atoms with Gasteiger partial charge in [0.15, 0.2) is 0 Å². The molecule has 72 valence electrons. The summed E-state index contributed by atoms with van der Waals surface area (Å²) in [6, 6.07) is 3.61. The Labute approximate surface area is 90.7 Å². The van der Waals surface area contributed by atoms with Crippen LogP contribution in [0.4, 0.5) is 5.69 Å². The Morgan fingerprint density at radius 3 is 2.79 bits per heavy atom. The molecule has 0 radical (unpaired) electrons. The summed E-state index contributed by atoms with van der Waals surface area (Å²) in [5, 5.41) is 21.0. The molecule has 0 aliphatic rings. The quantitative estimate of drug-likeness (QED) is 0.323. The first-order valence-electron chi connectivity index (χ1n) is 3.96. The molecular formula is C8H8BNO2S2. The molecule has 0 saturated carbocycles. The zero-order chi connectivity index (χ0) is 10.3. The number of nitrogens with two attached hydrogens (primary N) is 1. The highest BCUT2D eigenvalue weighted by molar-refractivity contribution is 7.80. The summed E-state index contributed by atoms with van der Waals surface area (Å²) in [6.07, 6.45) is 0. The van der Waals surface area contributed by atoms with Crippen LogP contribution < -0.4 is 11.2 Å². The van der Waals surface area contributed by atoms with Crippen molar-refractivity contribution in [3.63, 3.8) is 0 Å². The number of rotatable bonds is 1. The van der Waals surface area contributed by atoms with E-state index in [1.807, 2.05) is 11.4 Å². The molecule has 1 aromatic heterocycles. The van der Waals surface area contributed by atoms with Gasteiger partial charge in [0.25, 0.3) is 0 Å². The van der Waals surface area contributed by atoms with Crippen LogP contribution in [0, 0.1) is 0 Å². The van der Waals surface area contributed by atoms with E-state index in [-0.39, 0.29) is 5.46 Å². The lowest BCUT2D eigenvalue weighted by Gasteiger charge is -2.08. The maximum absolute atomic E-state index is 9.11. The number of anilines is 1. The number of fused-ring (bicyclic) bond motifs is 1. The first-order valence-corrected chi connectivity index (χ1v) is 5.28. The first-order chi connectivity index (χ1) is 6.61. The maximum atomic E-state index is 9.11. The summed E-state index contributed by atoms with van der Waals surface area (Å²) in [5.41, 5.74) is 6.32. The van der Waals surface area contributed by atoms with Crippen LogP contribution in [-0.4, -0.2) is 17.2 Å². The molecule has 14 heavy (non-hydrogen) atoms. The third kappa shape index (κ3) is 1.40. The normalized spacial score (nSPS) is 10.8. The van der Waals surface area contributed by atoms with E-state index in [0.717, 1.165) is 10.1 Å². The summed E-state index contributed by atoms with van der Waals surface area (Å²) in [7, 11) is -1.58. The van der Waals surface area contributed by atoms with Crippen LogP contribution in [0.2, 0.25) is 0 Å². The van der Waals surface area contributed by atoms with Gasteiger partial charge in [-0.25, -0.2) is 0 Å². The molecule has 1 heterocycles. The van der Waals surface area contributed by atoms with Gasteiger partial charge in [0.2, 0.25) is 0 Å². The van der Waals surface area contributed by atoms with Gasteiger partial charge >= 0.3 is 7.12 Å². The Balaban J connectivity index is 2.82. The highest BCUT2D eigenvalue weighted by Crippen LogP contribution is 2.28. The van der Waals surface area contributed by atoms with E-state index in [4.69, 9.17) is 15.8 Å². The molecule has 0 aliphatic carbocycles. The second-order valence-electron chi connectivity index (χ2n) is 2.93. The standard InChI is InChI=1S/C8H8BNO2S2/c10-5-3-6-4(1-2-14-6)8(13)7(5)9(11)12/h1-3,11-13H,10H2. The van der Waals surface area contributed by atoms with Crippen molar-refractivity contribution in [3.05, 3.63) is 17.5 Å². The minimum atomic E-state index is -1.58. The van der Waals surface area contributed by atoms with Crippen molar-refractivity contribution in [2.75, 3.05) is 5.73 Å². The Hall–Kier alpha value is -0.685. The molecule has 0 atom stereocenters. The average Bonchev–Trinajstić information content (AvgIpc) is 2.50. The van der Waals surface area contributed by atoms with E-state index in [1.54, 1.807) is 17.4 Å². The maximum Gasteiger partial charge on any atom is 0.491 e. The van der Waals surface area contributed by atoms with Crippen LogP contribution in [0.25, 0.3) is 10.1 Å². The van der Waals surface area contributed by atoms with Crippen molar-refractivity contribution in [3.8, 4) is 0 Å². The number of thiophene rings is 1. The second kappa shape index (κ2) is 3.47. The second-order valence-corrected chi connectivity index (χ2v) is 4.33. The Kier molecular flexibility index (Phi) is 2.44. The third-order valence-electron chi connectivity index (χ3n) is 2.06. The summed E-state index contributed by atoms with van der Waals surface area (Å²) < 4.78 is 0.997. The SMILES string of the molecule is Nc1cc2sccc2c(S)c1B(O)O. The zero-order valence-electron chi connectivity index (χ0n) is 7.14. The largest absolute Gasteiger partial charge is 0.491 e. The van der Waals surface area contributed by atoms with E-state index in [9.17, 15) is 0 Å². The van der Waals surface area contributed by atoms with E-state index in [2.05, 4.69) is 12.6 Å². The number of hydrogen-bond acceptors (Lipinski definition) is 5. The van der Waals surface area contributed by atoms with Gasteiger partial charge < -0.3 is 15.8 Å². The van der Waals surface area contributed by atoms with Gasteiger partial charge in [-0.15, -0.1) is 24.0 Å². The molecule has 2 rings (SSSR count). The van der Waals surface area contributed by atoms with Crippen molar-refractivity contribution in [2.24, 2.45) is 0 Å². The predicted molar refractivity (Wildman–Crippen MR) is 63.3 cm³/mol. The lowest BCUT2D eigenvalue weighted by Crippen LogP contribution is -2.33. The number of hydrogen-bond donors (Lipinski definition) is 4. The Morgan fingerprint density at radius 2 is 2.14 bits per heavy atom. The van der Waals surface area contributed by atoms with Gasteiger partial charge in [0.05, 0.1) is 0 Å². The van der Waals surface area contributed by atoms with Gasteiger partial charge in [0.1, 0.15) is 0 Å². The van der Waals surface area contributed by atoms with Crippen LogP contribution >= 0.6 is 24.0 Å². The monoisotopic (exact) mass is 225 g/mol. The summed E-state index contributed by atoms with van der Waals surface area (Å²) in [6.45, 7) is 0. The molecule has 0 amide bonds. The fourth-order valence-corrected chi connectivity index (χ4v) is 2.76.